The van der Waals surface area contributed by atoms with E-state index in [1.807, 2.05) is 0 Å². The van der Waals surface area contributed by atoms with Crippen LogP contribution in [0.5, 0.6) is 5.75 Å². The topological polar surface area (TPSA) is 108 Å². The lowest BCUT2D eigenvalue weighted by molar-refractivity contribution is -0.385. The van der Waals surface area contributed by atoms with Crippen molar-refractivity contribution in [1.29, 1.82) is 0 Å². The Morgan fingerprint density at radius 2 is 2.09 bits per heavy atom. The molecular formula is C14H16N2O6. The van der Waals surface area contributed by atoms with E-state index >= 15 is 0 Å². The van der Waals surface area contributed by atoms with Crippen molar-refractivity contribution in [3.05, 3.63) is 34.4 Å². The number of benzene rings is 1. The Bertz CT molecular complexity index is 584. The molecule has 118 valence electrons. The number of para-hydroxylation sites is 2. The van der Waals surface area contributed by atoms with E-state index in [4.69, 9.17) is 9.47 Å². The molecule has 1 aliphatic rings. The Labute approximate surface area is 126 Å². The molecule has 0 spiro atoms. The van der Waals surface area contributed by atoms with Crippen LogP contribution in [0.1, 0.15) is 19.8 Å². The molecule has 0 aromatic heterocycles. The van der Waals surface area contributed by atoms with E-state index in [9.17, 15) is 19.7 Å². The summed E-state index contributed by atoms with van der Waals surface area (Å²) in [5.41, 5.74) is -0.241. The fourth-order valence-corrected chi connectivity index (χ4v) is 1.70. The highest BCUT2D eigenvalue weighted by Gasteiger charge is 2.27. The van der Waals surface area contributed by atoms with Crippen LogP contribution in [0.2, 0.25) is 0 Å². The minimum absolute atomic E-state index is 0.0282. The number of nitro groups is 1. The highest BCUT2D eigenvalue weighted by atomic mass is 16.6. The third-order valence-electron chi connectivity index (χ3n) is 3.01. The quantitative estimate of drug-likeness (QED) is 0.460. The van der Waals surface area contributed by atoms with E-state index < -0.39 is 23.6 Å². The number of rotatable bonds is 7. The Hall–Kier alpha value is -2.64. The van der Waals surface area contributed by atoms with Crippen molar-refractivity contribution in [2.24, 2.45) is 0 Å². The zero-order valence-corrected chi connectivity index (χ0v) is 12.0. The van der Waals surface area contributed by atoms with Crippen LogP contribution in [-0.4, -0.2) is 35.6 Å². The summed E-state index contributed by atoms with van der Waals surface area (Å²) in [6.07, 6.45) is 0.947. The maximum atomic E-state index is 11.6. The Morgan fingerprint density at radius 3 is 2.73 bits per heavy atom. The number of carbonyl (C=O) groups excluding carboxylic acids is 2. The zero-order valence-electron chi connectivity index (χ0n) is 12.0. The molecule has 1 aliphatic carbocycles. The van der Waals surface area contributed by atoms with Gasteiger partial charge in [0.2, 0.25) is 0 Å². The fraction of sp³-hybridized carbons (Fsp3) is 0.429. The van der Waals surface area contributed by atoms with Gasteiger partial charge in [0.15, 0.2) is 18.5 Å². The van der Waals surface area contributed by atoms with Gasteiger partial charge in [0.1, 0.15) is 0 Å². The first kappa shape index (κ1) is 15.7. The van der Waals surface area contributed by atoms with Gasteiger partial charge in [0, 0.05) is 12.1 Å². The monoisotopic (exact) mass is 308 g/mol. The van der Waals surface area contributed by atoms with E-state index in [0.717, 1.165) is 12.8 Å². The largest absolute Gasteiger partial charge is 0.475 e. The highest BCUT2D eigenvalue weighted by Crippen LogP contribution is 2.25. The third kappa shape index (κ3) is 4.44. The fourth-order valence-electron chi connectivity index (χ4n) is 1.70. The molecule has 1 fully saturated rings. The molecule has 0 unspecified atom stereocenters. The van der Waals surface area contributed by atoms with Crippen molar-refractivity contribution < 1.29 is 24.0 Å². The van der Waals surface area contributed by atoms with Crippen LogP contribution in [0.15, 0.2) is 24.3 Å². The number of nitro benzene ring substituents is 1. The summed E-state index contributed by atoms with van der Waals surface area (Å²) in [6, 6.07) is 5.88. The van der Waals surface area contributed by atoms with E-state index in [1.54, 1.807) is 6.07 Å². The molecule has 0 aliphatic heterocycles. The van der Waals surface area contributed by atoms with Gasteiger partial charge in [0.05, 0.1) is 4.92 Å². The number of carbonyl (C=O) groups is 2. The lowest BCUT2D eigenvalue weighted by atomic mass is 10.3. The van der Waals surface area contributed by atoms with Crippen LogP contribution in [0.25, 0.3) is 0 Å². The molecule has 2 rings (SSSR count). The molecule has 0 bridgehead atoms. The van der Waals surface area contributed by atoms with E-state index in [2.05, 4.69) is 5.32 Å². The van der Waals surface area contributed by atoms with Crippen LogP contribution in [0, 0.1) is 10.1 Å². The predicted octanol–water partition coefficient (Wildman–Crippen LogP) is 1.18. The summed E-state index contributed by atoms with van der Waals surface area (Å²) in [5, 5.41) is 13.5. The molecule has 1 amide bonds. The molecule has 1 saturated carbocycles. The predicted molar refractivity (Wildman–Crippen MR) is 75.3 cm³/mol. The first-order chi connectivity index (χ1) is 10.5. The standard InChI is InChI=1S/C14H16N2O6/c1-9(14(18)15-10-6-7-10)22-13(17)8-21-12-5-3-2-4-11(12)16(19)20/h2-5,9-10H,6-8H2,1H3,(H,15,18)/t9-/m0/s1. The van der Waals surface area contributed by atoms with Gasteiger partial charge in [-0.05, 0) is 25.8 Å². The first-order valence-electron chi connectivity index (χ1n) is 6.83. The second kappa shape index (κ2) is 6.88. The van der Waals surface area contributed by atoms with Crippen LogP contribution in [0.3, 0.4) is 0 Å². The molecule has 22 heavy (non-hydrogen) atoms. The average molecular weight is 308 g/mol. The van der Waals surface area contributed by atoms with Gasteiger partial charge in [-0.2, -0.15) is 0 Å². The number of ether oxygens (including phenoxy) is 2. The van der Waals surface area contributed by atoms with Gasteiger partial charge in [-0.3, -0.25) is 14.9 Å². The molecule has 1 N–H and O–H groups in total. The molecule has 8 nitrogen and oxygen atoms in total. The Balaban J connectivity index is 1.82. The molecule has 8 heteroatoms. The van der Waals surface area contributed by atoms with E-state index in [0.29, 0.717) is 0 Å². The second-order valence-electron chi connectivity index (χ2n) is 4.93. The van der Waals surface area contributed by atoms with Crippen molar-refractivity contribution in [3.63, 3.8) is 0 Å². The number of hydrogen-bond donors (Lipinski definition) is 1. The molecule has 1 atom stereocenters. The maximum absolute atomic E-state index is 11.6. The van der Waals surface area contributed by atoms with Crippen molar-refractivity contribution in [1.82, 2.24) is 5.32 Å². The molecule has 0 saturated heterocycles. The maximum Gasteiger partial charge on any atom is 0.344 e. The van der Waals surface area contributed by atoms with E-state index in [1.165, 1.54) is 25.1 Å². The Morgan fingerprint density at radius 1 is 1.41 bits per heavy atom. The molecule has 1 aromatic rings. The minimum Gasteiger partial charge on any atom is -0.475 e. The molecular weight excluding hydrogens is 292 g/mol. The highest BCUT2D eigenvalue weighted by molar-refractivity contribution is 5.84. The van der Waals surface area contributed by atoms with E-state index in [-0.39, 0.29) is 23.4 Å². The van der Waals surface area contributed by atoms with Crippen LogP contribution < -0.4 is 10.1 Å². The van der Waals surface area contributed by atoms with Crippen molar-refractivity contribution in [2.45, 2.75) is 31.9 Å². The van der Waals surface area contributed by atoms with Crippen molar-refractivity contribution in [2.75, 3.05) is 6.61 Å². The summed E-state index contributed by atoms with van der Waals surface area (Å²) in [6.45, 7) is 0.951. The zero-order chi connectivity index (χ0) is 16.1. The van der Waals surface area contributed by atoms with Gasteiger partial charge in [-0.15, -0.1) is 0 Å². The van der Waals surface area contributed by atoms with Gasteiger partial charge >= 0.3 is 11.7 Å². The summed E-state index contributed by atoms with van der Waals surface area (Å²) < 4.78 is 10.0. The number of hydrogen-bond acceptors (Lipinski definition) is 6. The third-order valence-corrected chi connectivity index (χ3v) is 3.01. The van der Waals surface area contributed by atoms with Crippen LogP contribution >= 0.6 is 0 Å². The molecule has 0 radical (unpaired) electrons. The SMILES string of the molecule is C[C@H](OC(=O)COc1ccccc1[N+](=O)[O-])C(=O)NC1CC1. The van der Waals surface area contributed by atoms with Crippen molar-refractivity contribution in [3.8, 4) is 5.75 Å². The van der Waals surface area contributed by atoms with Gasteiger partial charge in [-0.25, -0.2) is 4.79 Å². The number of nitrogens with zero attached hydrogens (tertiary/aromatic N) is 1. The lowest BCUT2D eigenvalue weighted by Gasteiger charge is -2.13. The van der Waals surface area contributed by atoms with Crippen LogP contribution in [0.4, 0.5) is 5.69 Å². The first-order valence-corrected chi connectivity index (χ1v) is 6.83. The molecule has 0 heterocycles. The summed E-state index contributed by atoms with van der Waals surface area (Å²) in [7, 11) is 0. The second-order valence-corrected chi connectivity index (χ2v) is 4.93. The van der Waals surface area contributed by atoms with Crippen LogP contribution in [-0.2, 0) is 14.3 Å². The molecule has 1 aromatic carbocycles. The number of nitrogens with one attached hydrogen (secondary N) is 1. The van der Waals surface area contributed by atoms with Crippen molar-refractivity contribution >= 4 is 17.6 Å². The average Bonchev–Trinajstić information content (AvgIpc) is 3.29. The van der Waals surface area contributed by atoms with Gasteiger partial charge in [-0.1, -0.05) is 12.1 Å². The summed E-state index contributed by atoms with van der Waals surface area (Å²) in [5.74, 6) is -1.15. The summed E-state index contributed by atoms with van der Waals surface area (Å²) >= 11 is 0. The number of esters is 1. The number of amides is 1. The van der Waals surface area contributed by atoms with Gasteiger partial charge < -0.3 is 14.8 Å². The smallest absolute Gasteiger partial charge is 0.344 e. The summed E-state index contributed by atoms with van der Waals surface area (Å²) in [4.78, 5) is 33.4. The normalized spacial score (nSPS) is 14.8. The lowest BCUT2D eigenvalue weighted by Crippen LogP contribution is -2.37. The minimum atomic E-state index is -0.928. The van der Waals surface area contributed by atoms with Gasteiger partial charge in [0.25, 0.3) is 5.91 Å². The Kier molecular flexibility index (Phi) is 4.92.